The first-order chi connectivity index (χ1) is 12.5. The summed E-state index contributed by atoms with van der Waals surface area (Å²) in [5.41, 5.74) is 3.88. The van der Waals surface area contributed by atoms with Crippen LogP contribution in [0.25, 0.3) is 16.9 Å². The van der Waals surface area contributed by atoms with Gasteiger partial charge in [-0.2, -0.15) is 5.10 Å². The van der Waals surface area contributed by atoms with Crippen LogP contribution in [-0.4, -0.2) is 52.6 Å². The lowest BCUT2D eigenvalue weighted by molar-refractivity contribution is 0.0949. The number of rotatable bonds is 6. The minimum absolute atomic E-state index is 0.123. The fraction of sp³-hybridized carbons (Fsp3) is 0.316. The lowest BCUT2D eigenvalue weighted by Crippen LogP contribution is -2.32. The van der Waals surface area contributed by atoms with Crippen LogP contribution in [-0.2, 0) is 6.42 Å². The molecule has 26 heavy (non-hydrogen) atoms. The fourth-order valence-corrected chi connectivity index (χ4v) is 2.89. The summed E-state index contributed by atoms with van der Waals surface area (Å²) in [7, 11) is 3.94. The van der Waals surface area contributed by atoms with Crippen molar-refractivity contribution in [2.45, 2.75) is 13.3 Å². The van der Waals surface area contributed by atoms with E-state index in [9.17, 15) is 4.79 Å². The van der Waals surface area contributed by atoms with Gasteiger partial charge in [0.25, 0.3) is 5.91 Å². The number of halogens is 1. The van der Waals surface area contributed by atoms with Gasteiger partial charge in [-0.25, -0.2) is 9.50 Å². The van der Waals surface area contributed by atoms with Crippen molar-refractivity contribution >= 4 is 23.2 Å². The van der Waals surface area contributed by atoms with Crippen molar-refractivity contribution in [3.05, 3.63) is 52.8 Å². The van der Waals surface area contributed by atoms with Gasteiger partial charge in [0.15, 0.2) is 5.65 Å². The molecule has 0 saturated carbocycles. The van der Waals surface area contributed by atoms with Crippen LogP contribution in [0, 0.1) is 0 Å². The van der Waals surface area contributed by atoms with Crippen molar-refractivity contribution in [3.63, 3.8) is 0 Å². The molecule has 0 fully saturated rings. The molecule has 1 amide bonds. The Bertz CT molecular complexity index is 918. The van der Waals surface area contributed by atoms with Crippen molar-refractivity contribution in [1.29, 1.82) is 0 Å². The molecule has 7 heteroatoms. The van der Waals surface area contributed by atoms with E-state index in [1.54, 1.807) is 10.7 Å². The Hall–Kier alpha value is -2.44. The van der Waals surface area contributed by atoms with Crippen molar-refractivity contribution in [1.82, 2.24) is 24.8 Å². The summed E-state index contributed by atoms with van der Waals surface area (Å²) in [4.78, 5) is 19.0. The maximum Gasteiger partial charge on any atom is 0.254 e. The summed E-state index contributed by atoms with van der Waals surface area (Å²) < 4.78 is 1.75. The van der Waals surface area contributed by atoms with E-state index >= 15 is 0 Å². The first-order valence-electron chi connectivity index (χ1n) is 8.56. The van der Waals surface area contributed by atoms with Crippen molar-refractivity contribution in [3.8, 4) is 11.3 Å². The average Bonchev–Trinajstić information content (AvgIpc) is 3.05. The number of aryl methyl sites for hydroxylation is 1. The van der Waals surface area contributed by atoms with Crippen LogP contribution in [0.5, 0.6) is 0 Å². The van der Waals surface area contributed by atoms with Gasteiger partial charge in [-0.15, -0.1) is 0 Å². The van der Waals surface area contributed by atoms with Gasteiger partial charge in [0, 0.05) is 35.9 Å². The Balaban J connectivity index is 1.94. The van der Waals surface area contributed by atoms with Crippen LogP contribution in [0.2, 0.25) is 5.02 Å². The molecular weight excluding hydrogens is 350 g/mol. The normalized spacial score (nSPS) is 11.3. The predicted octanol–water partition coefficient (Wildman–Crippen LogP) is 2.90. The van der Waals surface area contributed by atoms with Crippen LogP contribution < -0.4 is 5.32 Å². The molecule has 1 N–H and O–H groups in total. The van der Waals surface area contributed by atoms with Gasteiger partial charge >= 0.3 is 0 Å². The van der Waals surface area contributed by atoms with Gasteiger partial charge in [-0.3, -0.25) is 4.79 Å². The number of fused-ring (bicyclic) bond motifs is 1. The van der Waals surface area contributed by atoms with Crippen LogP contribution in [0.1, 0.15) is 23.0 Å². The third-order valence-electron chi connectivity index (χ3n) is 4.15. The predicted molar refractivity (Wildman–Crippen MR) is 104 cm³/mol. The second-order valence-electron chi connectivity index (χ2n) is 6.34. The molecule has 0 aliphatic carbocycles. The first kappa shape index (κ1) is 18.4. The summed E-state index contributed by atoms with van der Waals surface area (Å²) >= 11 is 5.96. The number of amides is 1. The molecule has 136 valence electrons. The summed E-state index contributed by atoms with van der Waals surface area (Å²) in [5.74, 6) is -0.123. The zero-order valence-electron chi connectivity index (χ0n) is 15.2. The standard InChI is InChI=1S/C19H22ClN5O/c1-4-17-15(19(26)21-9-10-24(2)3)12-22-18-11-16(23-25(17)18)13-5-7-14(20)8-6-13/h5-8,11-12H,4,9-10H2,1-3H3,(H,21,26). The van der Waals surface area contributed by atoms with Crippen LogP contribution in [0.4, 0.5) is 0 Å². The average molecular weight is 372 g/mol. The maximum absolute atomic E-state index is 12.5. The van der Waals surface area contributed by atoms with Crippen molar-refractivity contribution < 1.29 is 4.79 Å². The smallest absolute Gasteiger partial charge is 0.254 e. The highest BCUT2D eigenvalue weighted by Crippen LogP contribution is 2.22. The Kier molecular flexibility index (Phi) is 5.54. The molecule has 0 aliphatic heterocycles. The van der Waals surface area contributed by atoms with E-state index in [-0.39, 0.29) is 5.91 Å². The Morgan fingerprint density at radius 3 is 2.65 bits per heavy atom. The molecule has 0 bridgehead atoms. The van der Waals surface area contributed by atoms with E-state index in [1.807, 2.05) is 56.3 Å². The second kappa shape index (κ2) is 7.85. The summed E-state index contributed by atoms with van der Waals surface area (Å²) in [6, 6.07) is 9.42. The van der Waals surface area contributed by atoms with E-state index in [0.29, 0.717) is 23.6 Å². The van der Waals surface area contributed by atoms with Gasteiger partial charge in [0.2, 0.25) is 0 Å². The van der Waals surface area contributed by atoms with E-state index in [1.165, 1.54) is 0 Å². The fourth-order valence-electron chi connectivity index (χ4n) is 2.76. The molecule has 0 unspecified atom stereocenters. The minimum Gasteiger partial charge on any atom is -0.351 e. The second-order valence-corrected chi connectivity index (χ2v) is 6.77. The maximum atomic E-state index is 12.5. The molecule has 0 radical (unpaired) electrons. The van der Waals surface area contributed by atoms with Gasteiger partial charge in [-0.1, -0.05) is 30.7 Å². The van der Waals surface area contributed by atoms with Crippen LogP contribution in [0.15, 0.2) is 36.5 Å². The van der Waals surface area contributed by atoms with Crippen molar-refractivity contribution in [2.75, 3.05) is 27.2 Å². The van der Waals surface area contributed by atoms with Gasteiger partial charge in [-0.05, 0) is 32.6 Å². The third-order valence-corrected chi connectivity index (χ3v) is 4.40. The van der Waals surface area contributed by atoms with Gasteiger partial charge < -0.3 is 10.2 Å². The lowest BCUT2D eigenvalue weighted by Gasteiger charge is -2.12. The molecule has 2 heterocycles. The SMILES string of the molecule is CCc1c(C(=O)NCCN(C)C)cnc2cc(-c3ccc(Cl)cc3)nn12. The van der Waals surface area contributed by atoms with Crippen LogP contribution in [0.3, 0.4) is 0 Å². The summed E-state index contributed by atoms with van der Waals surface area (Å²) in [6.07, 6.45) is 2.31. The Labute approximate surface area is 157 Å². The molecule has 2 aromatic heterocycles. The molecule has 3 rings (SSSR count). The lowest BCUT2D eigenvalue weighted by atomic mass is 10.1. The number of likely N-dealkylation sites (N-methyl/N-ethyl adjacent to an activating group) is 1. The molecular formula is C19H22ClN5O. The Morgan fingerprint density at radius 2 is 2.00 bits per heavy atom. The number of carbonyl (C=O) groups is 1. The van der Waals surface area contributed by atoms with Gasteiger partial charge in [0.05, 0.1) is 17.0 Å². The van der Waals surface area contributed by atoms with E-state index in [2.05, 4.69) is 15.4 Å². The van der Waals surface area contributed by atoms with Crippen LogP contribution >= 0.6 is 11.6 Å². The highest BCUT2D eigenvalue weighted by atomic mass is 35.5. The highest BCUT2D eigenvalue weighted by molar-refractivity contribution is 6.30. The molecule has 1 aromatic carbocycles. The monoisotopic (exact) mass is 371 g/mol. The zero-order valence-corrected chi connectivity index (χ0v) is 15.9. The quantitative estimate of drug-likeness (QED) is 0.723. The molecule has 6 nitrogen and oxygen atoms in total. The van der Waals surface area contributed by atoms with Gasteiger partial charge in [0.1, 0.15) is 0 Å². The minimum atomic E-state index is -0.123. The number of hydrogen-bond acceptors (Lipinski definition) is 4. The molecule has 0 spiro atoms. The summed E-state index contributed by atoms with van der Waals surface area (Å²) in [5, 5.41) is 8.28. The topological polar surface area (TPSA) is 62.5 Å². The van der Waals surface area contributed by atoms with Crippen molar-refractivity contribution in [2.24, 2.45) is 0 Å². The Morgan fingerprint density at radius 1 is 1.27 bits per heavy atom. The van der Waals surface area contributed by atoms with E-state index in [0.717, 1.165) is 29.1 Å². The number of carbonyl (C=O) groups excluding carboxylic acids is 1. The van der Waals surface area contributed by atoms with E-state index in [4.69, 9.17) is 11.6 Å². The molecule has 0 saturated heterocycles. The first-order valence-corrected chi connectivity index (χ1v) is 8.94. The molecule has 0 atom stereocenters. The number of benzene rings is 1. The highest BCUT2D eigenvalue weighted by Gasteiger charge is 2.16. The third kappa shape index (κ3) is 3.86. The number of nitrogens with zero attached hydrogens (tertiary/aromatic N) is 4. The number of hydrogen-bond donors (Lipinski definition) is 1. The molecule has 0 aliphatic rings. The number of aromatic nitrogens is 3. The largest absolute Gasteiger partial charge is 0.351 e. The summed E-state index contributed by atoms with van der Waals surface area (Å²) in [6.45, 7) is 3.38. The zero-order chi connectivity index (χ0) is 18.7. The number of nitrogens with one attached hydrogen (secondary N) is 1. The molecule has 3 aromatic rings. The van der Waals surface area contributed by atoms with E-state index < -0.39 is 0 Å².